The summed E-state index contributed by atoms with van der Waals surface area (Å²) < 4.78 is 0. The number of pyridine rings is 1. The zero-order chi connectivity index (χ0) is 27.4. The average molecular weight is 516 g/mol. The average Bonchev–Trinajstić information content (AvgIpc) is 2.98. The van der Waals surface area contributed by atoms with Crippen LogP contribution in [0.15, 0.2) is 109 Å². The van der Waals surface area contributed by atoms with Gasteiger partial charge in [-0.3, -0.25) is 14.7 Å². The lowest BCUT2D eigenvalue weighted by atomic mass is 9.91. The molecule has 2 N–H and O–H groups in total. The number of amides is 1. The van der Waals surface area contributed by atoms with Crippen molar-refractivity contribution in [3.05, 3.63) is 126 Å². The molecule has 1 saturated heterocycles. The van der Waals surface area contributed by atoms with Crippen LogP contribution in [0.1, 0.15) is 40.9 Å². The summed E-state index contributed by atoms with van der Waals surface area (Å²) in [6, 6.07) is 28.4. The molecule has 1 aromatic heterocycles. The van der Waals surface area contributed by atoms with Gasteiger partial charge in [-0.15, -0.1) is 0 Å². The van der Waals surface area contributed by atoms with Crippen molar-refractivity contribution in [3.8, 4) is 0 Å². The molecule has 1 unspecified atom stereocenters. The Balaban J connectivity index is 1.51. The molecule has 0 spiro atoms. The first-order valence-electron chi connectivity index (χ1n) is 13.2. The molecule has 1 atom stereocenters. The van der Waals surface area contributed by atoms with Gasteiger partial charge in [-0.25, -0.2) is 0 Å². The Kier molecular flexibility index (Phi) is 7.75. The number of benzene rings is 3. The van der Waals surface area contributed by atoms with Gasteiger partial charge in [-0.1, -0.05) is 91.5 Å². The largest absolute Gasteiger partial charge is 0.336 e. The van der Waals surface area contributed by atoms with Crippen molar-refractivity contribution in [1.29, 1.82) is 10.8 Å². The maximum atomic E-state index is 13.9. The van der Waals surface area contributed by atoms with E-state index in [0.717, 1.165) is 10.8 Å². The first-order chi connectivity index (χ1) is 18.9. The van der Waals surface area contributed by atoms with Gasteiger partial charge in [-0.2, -0.15) is 0 Å². The molecule has 6 nitrogen and oxygen atoms in total. The minimum atomic E-state index is -0.139. The SMILES string of the molecule is C=C(C(C)=N)C(=N)CC1CN(C(=O)c2cncc3ccccc23)CCN1C(c1ccccc1)c1ccccc1. The van der Waals surface area contributed by atoms with Crippen molar-refractivity contribution in [3.63, 3.8) is 0 Å². The summed E-state index contributed by atoms with van der Waals surface area (Å²) >= 11 is 0. The van der Waals surface area contributed by atoms with E-state index >= 15 is 0 Å². The van der Waals surface area contributed by atoms with E-state index in [0.29, 0.717) is 48.6 Å². The van der Waals surface area contributed by atoms with Crippen molar-refractivity contribution in [2.24, 2.45) is 0 Å². The highest BCUT2D eigenvalue weighted by atomic mass is 16.2. The molecule has 6 heteroatoms. The number of carbonyl (C=O) groups excluding carboxylic acids is 1. The van der Waals surface area contributed by atoms with E-state index in [1.807, 2.05) is 41.3 Å². The van der Waals surface area contributed by atoms with E-state index in [9.17, 15) is 4.79 Å². The van der Waals surface area contributed by atoms with Crippen molar-refractivity contribution < 1.29 is 4.79 Å². The molecule has 0 bridgehead atoms. The smallest absolute Gasteiger partial charge is 0.256 e. The van der Waals surface area contributed by atoms with Crippen LogP contribution >= 0.6 is 0 Å². The number of allylic oxidation sites excluding steroid dienone is 1. The highest BCUT2D eigenvalue weighted by Crippen LogP contribution is 2.34. The number of nitrogens with one attached hydrogen (secondary N) is 2. The van der Waals surface area contributed by atoms with Crippen molar-refractivity contribution in [2.45, 2.75) is 25.4 Å². The van der Waals surface area contributed by atoms with Crippen LogP contribution in [0.4, 0.5) is 0 Å². The number of hydrogen-bond donors (Lipinski definition) is 2. The van der Waals surface area contributed by atoms with Crippen LogP contribution in [-0.2, 0) is 0 Å². The zero-order valence-corrected chi connectivity index (χ0v) is 22.2. The topological polar surface area (TPSA) is 84.1 Å². The third kappa shape index (κ3) is 5.56. The summed E-state index contributed by atoms with van der Waals surface area (Å²) in [6.07, 6.45) is 3.83. The van der Waals surface area contributed by atoms with Gasteiger partial charge in [0.05, 0.1) is 11.6 Å². The van der Waals surface area contributed by atoms with Crippen LogP contribution in [0.2, 0.25) is 0 Å². The summed E-state index contributed by atoms with van der Waals surface area (Å²) in [5, 5.41) is 18.6. The number of fused-ring (bicyclic) bond motifs is 1. The molecule has 39 heavy (non-hydrogen) atoms. The fraction of sp³-hybridized carbons (Fsp3) is 0.212. The molecule has 2 heterocycles. The van der Waals surface area contributed by atoms with Gasteiger partial charge in [0.1, 0.15) is 0 Å². The number of hydrogen-bond acceptors (Lipinski definition) is 5. The fourth-order valence-corrected chi connectivity index (χ4v) is 5.46. The zero-order valence-electron chi connectivity index (χ0n) is 22.2. The molecular formula is C33H33N5O. The van der Waals surface area contributed by atoms with E-state index in [2.05, 4.69) is 65.0 Å². The molecule has 1 amide bonds. The second-order valence-electron chi connectivity index (χ2n) is 10.1. The Morgan fingerprint density at radius 3 is 2.18 bits per heavy atom. The number of rotatable bonds is 8. The lowest BCUT2D eigenvalue weighted by molar-refractivity contribution is 0.0402. The van der Waals surface area contributed by atoms with Gasteiger partial charge >= 0.3 is 0 Å². The minimum Gasteiger partial charge on any atom is -0.336 e. The summed E-state index contributed by atoms with van der Waals surface area (Å²) in [5.41, 5.74) is 3.99. The van der Waals surface area contributed by atoms with E-state index in [-0.39, 0.29) is 18.0 Å². The predicted octanol–water partition coefficient (Wildman–Crippen LogP) is 6.16. The van der Waals surface area contributed by atoms with E-state index < -0.39 is 0 Å². The van der Waals surface area contributed by atoms with Gasteiger partial charge in [-0.05, 0) is 23.4 Å². The molecule has 0 radical (unpaired) electrons. The monoisotopic (exact) mass is 515 g/mol. The number of nitrogens with zero attached hydrogens (tertiary/aromatic N) is 3. The van der Waals surface area contributed by atoms with Crippen molar-refractivity contribution in [2.75, 3.05) is 19.6 Å². The number of carbonyl (C=O) groups is 1. The molecule has 1 aliphatic heterocycles. The van der Waals surface area contributed by atoms with E-state index in [1.165, 1.54) is 11.1 Å². The molecule has 0 saturated carbocycles. The third-order valence-corrected chi connectivity index (χ3v) is 7.53. The Morgan fingerprint density at radius 2 is 1.54 bits per heavy atom. The van der Waals surface area contributed by atoms with Crippen molar-refractivity contribution in [1.82, 2.24) is 14.8 Å². The molecule has 1 fully saturated rings. The first kappa shape index (κ1) is 26.2. The van der Waals surface area contributed by atoms with Gasteiger partial charge in [0.2, 0.25) is 0 Å². The van der Waals surface area contributed by atoms with Crippen LogP contribution in [0.25, 0.3) is 10.8 Å². The normalized spacial score (nSPS) is 15.8. The molecular weight excluding hydrogens is 482 g/mol. The first-order valence-corrected chi connectivity index (χ1v) is 13.2. The Morgan fingerprint density at radius 1 is 0.923 bits per heavy atom. The van der Waals surface area contributed by atoms with Gasteiger partial charge in [0.15, 0.2) is 0 Å². The second kappa shape index (κ2) is 11.5. The van der Waals surface area contributed by atoms with E-state index in [4.69, 9.17) is 10.8 Å². The third-order valence-electron chi connectivity index (χ3n) is 7.53. The van der Waals surface area contributed by atoms with Gasteiger partial charge in [0.25, 0.3) is 5.91 Å². The quantitative estimate of drug-likeness (QED) is 0.276. The van der Waals surface area contributed by atoms with Crippen LogP contribution in [0.3, 0.4) is 0 Å². The molecule has 1 aliphatic rings. The maximum Gasteiger partial charge on any atom is 0.256 e. The summed E-state index contributed by atoms with van der Waals surface area (Å²) in [4.78, 5) is 22.5. The number of piperazine rings is 1. The predicted molar refractivity (Wildman–Crippen MR) is 158 cm³/mol. The molecule has 5 rings (SSSR count). The Hall–Kier alpha value is -4.42. The van der Waals surface area contributed by atoms with Crippen LogP contribution in [0.5, 0.6) is 0 Å². The lowest BCUT2D eigenvalue weighted by Gasteiger charge is -2.46. The minimum absolute atomic E-state index is 0.0315. The fourth-order valence-electron chi connectivity index (χ4n) is 5.46. The highest BCUT2D eigenvalue weighted by Gasteiger charge is 2.36. The van der Waals surface area contributed by atoms with Gasteiger partial charge < -0.3 is 15.7 Å². The summed E-state index contributed by atoms with van der Waals surface area (Å²) in [6.45, 7) is 7.32. The standard InChI is InChI=1S/C33H33N5O/c1-23(24(2)34)31(35)19-28-22-37(33(39)30-21-36-20-27-15-9-10-16-29(27)30)17-18-38(28)32(25-11-5-3-6-12-25)26-13-7-4-8-14-26/h3-16,20-21,28,32,34-35H,1,17-19,22H2,2H3. The van der Waals surface area contributed by atoms with Gasteiger partial charge in [0, 0.05) is 66.9 Å². The van der Waals surface area contributed by atoms with Crippen molar-refractivity contribution >= 4 is 28.1 Å². The second-order valence-corrected chi connectivity index (χ2v) is 10.1. The summed E-state index contributed by atoms with van der Waals surface area (Å²) in [7, 11) is 0. The summed E-state index contributed by atoms with van der Waals surface area (Å²) in [5.74, 6) is -0.0477. The Labute approximate surface area is 229 Å². The van der Waals surface area contributed by atoms with E-state index in [1.54, 1.807) is 19.3 Å². The molecule has 0 aliphatic carbocycles. The molecule has 4 aromatic rings. The highest BCUT2D eigenvalue weighted by molar-refractivity contribution is 6.21. The maximum absolute atomic E-state index is 13.9. The number of aromatic nitrogens is 1. The lowest BCUT2D eigenvalue weighted by Crippen LogP contribution is -2.56. The van der Waals surface area contributed by atoms with Crippen LogP contribution in [0, 0.1) is 10.8 Å². The Bertz CT molecular complexity index is 1470. The van der Waals surface area contributed by atoms with Crippen LogP contribution < -0.4 is 0 Å². The van der Waals surface area contributed by atoms with Crippen LogP contribution in [-0.4, -0.2) is 57.8 Å². The molecule has 3 aromatic carbocycles. The molecule has 196 valence electrons.